The molecule has 1 N–H and O–H groups in total. The fourth-order valence-electron chi connectivity index (χ4n) is 0.759. The van der Waals surface area contributed by atoms with Crippen molar-refractivity contribution in [3.63, 3.8) is 0 Å². The van der Waals surface area contributed by atoms with Crippen LogP contribution in [0, 0.1) is 0 Å². The molecule has 1 rings (SSSR count). The lowest BCUT2D eigenvalue weighted by molar-refractivity contribution is -0.118. The predicted octanol–water partition coefficient (Wildman–Crippen LogP) is 1.59. The van der Waals surface area contributed by atoms with E-state index in [1.54, 1.807) is 18.3 Å². The molecule has 0 fully saturated rings. The number of rotatable bonds is 3. The van der Waals surface area contributed by atoms with Crippen LogP contribution in [0.5, 0.6) is 0 Å². The van der Waals surface area contributed by atoms with Gasteiger partial charge in [0.1, 0.15) is 11.0 Å². The normalized spacial score (nSPS) is 9.69. The van der Waals surface area contributed by atoms with Crippen LogP contribution in [-0.2, 0) is 11.3 Å². The molecule has 0 aliphatic heterocycles. The van der Waals surface area contributed by atoms with Crippen LogP contribution < -0.4 is 5.32 Å². The number of carbonyl (C=O) groups excluding carboxylic acids is 1. The van der Waals surface area contributed by atoms with Crippen LogP contribution in [-0.4, -0.2) is 16.8 Å². The molecule has 0 aliphatic carbocycles. The van der Waals surface area contributed by atoms with E-state index in [2.05, 4.69) is 10.3 Å². The minimum atomic E-state index is -0.198. The Kier molecular flexibility index (Phi) is 3.99. The van der Waals surface area contributed by atoms with Gasteiger partial charge in [0.05, 0.1) is 0 Å². The Morgan fingerprint density at radius 1 is 1.54 bits per heavy atom. The van der Waals surface area contributed by atoms with E-state index in [0.717, 1.165) is 5.56 Å². The van der Waals surface area contributed by atoms with Crippen LogP contribution in [0.3, 0.4) is 0 Å². The van der Waals surface area contributed by atoms with Crippen LogP contribution in [0.2, 0.25) is 5.15 Å². The maximum Gasteiger partial charge on any atom is 0.235 e. The molecule has 0 atom stereocenters. The zero-order chi connectivity index (χ0) is 9.68. The third-order valence-corrected chi connectivity index (χ3v) is 1.87. The summed E-state index contributed by atoms with van der Waals surface area (Å²) in [6, 6.07) is 3.47. The fourth-order valence-corrected chi connectivity index (χ4v) is 0.965. The Hall–Kier alpha value is -0.800. The van der Waals surface area contributed by atoms with Crippen molar-refractivity contribution in [3.05, 3.63) is 29.0 Å². The second kappa shape index (κ2) is 5.04. The van der Waals surface area contributed by atoms with Gasteiger partial charge >= 0.3 is 0 Å². The van der Waals surface area contributed by atoms with Crippen molar-refractivity contribution in [2.75, 3.05) is 5.88 Å². The number of alkyl halides is 1. The number of pyridine rings is 1. The van der Waals surface area contributed by atoms with Gasteiger partial charge in [-0.05, 0) is 11.6 Å². The number of nitrogens with one attached hydrogen (secondary N) is 1. The molecule has 0 radical (unpaired) electrons. The molecule has 1 aromatic heterocycles. The first-order chi connectivity index (χ1) is 6.22. The van der Waals surface area contributed by atoms with E-state index < -0.39 is 0 Å². The SMILES string of the molecule is O=C(CCl)NCc1ccc(Cl)nc1. The lowest BCUT2D eigenvalue weighted by Crippen LogP contribution is -2.23. The Labute approximate surface area is 86.1 Å². The number of hydrogen-bond acceptors (Lipinski definition) is 2. The van der Waals surface area contributed by atoms with Crippen molar-refractivity contribution in [2.24, 2.45) is 0 Å². The van der Waals surface area contributed by atoms with Crippen LogP contribution in [0.15, 0.2) is 18.3 Å². The van der Waals surface area contributed by atoms with Gasteiger partial charge in [-0.1, -0.05) is 17.7 Å². The molecule has 1 aromatic rings. The molecule has 5 heteroatoms. The molecular weight excluding hydrogens is 211 g/mol. The van der Waals surface area contributed by atoms with Gasteiger partial charge in [-0.2, -0.15) is 0 Å². The first-order valence-electron chi connectivity index (χ1n) is 3.65. The summed E-state index contributed by atoms with van der Waals surface area (Å²) in [6.45, 7) is 0.426. The number of halogens is 2. The van der Waals surface area contributed by atoms with E-state index in [-0.39, 0.29) is 11.8 Å². The molecule has 0 bridgehead atoms. The topological polar surface area (TPSA) is 42.0 Å². The van der Waals surface area contributed by atoms with Gasteiger partial charge in [-0.15, -0.1) is 11.6 Å². The summed E-state index contributed by atoms with van der Waals surface area (Å²) in [6.07, 6.45) is 1.61. The Morgan fingerprint density at radius 2 is 2.31 bits per heavy atom. The van der Waals surface area contributed by atoms with Crippen LogP contribution in [0.25, 0.3) is 0 Å². The van der Waals surface area contributed by atoms with E-state index in [0.29, 0.717) is 11.7 Å². The van der Waals surface area contributed by atoms with Gasteiger partial charge in [0, 0.05) is 12.7 Å². The van der Waals surface area contributed by atoms with Gasteiger partial charge < -0.3 is 5.32 Å². The number of aromatic nitrogens is 1. The zero-order valence-electron chi connectivity index (χ0n) is 6.76. The molecular formula is C8H8Cl2N2O. The molecule has 0 aromatic carbocycles. The standard InChI is InChI=1S/C8H8Cl2N2O/c9-3-8(13)12-5-6-1-2-7(10)11-4-6/h1-2,4H,3,5H2,(H,12,13). The average molecular weight is 219 g/mol. The molecule has 0 spiro atoms. The Bertz CT molecular complexity index is 287. The Morgan fingerprint density at radius 3 is 2.85 bits per heavy atom. The summed E-state index contributed by atoms with van der Waals surface area (Å²) < 4.78 is 0. The summed E-state index contributed by atoms with van der Waals surface area (Å²) in [5.74, 6) is -0.224. The minimum Gasteiger partial charge on any atom is -0.351 e. The summed E-state index contributed by atoms with van der Waals surface area (Å²) in [5.41, 5.74) is 0.892. The monoisotopic (exact) mass is 218 g/mol. The number of nitrogens with zero attached hydrogens (tertiary/aromatic N) is 1. The van der Waals surface area contributed by atoms with Crippen LogP contribution >= 0.6 is 23.2 Å². The van der Waals surface area contributed by atoms with E-state index in [1.165, 1.54) is 0 Å². The summed E-state index contributed by atoms with van der Waals surface area (Å²) in [4.78, 5) is 14.6. The maximum atomic E-state index is 10.8. The number of carbonyl (C=O) groups is 1. The molecule has 70 valence electrons. The van der Waals surface area contributed by atoms with Gasteiger partial charge in [0.25, 0.3) is 0 Å². The number of hydrogen-bond donors (Lipinski definition) is 1. The summed E-state index contributed by atoms with van der Waals surface area (Å²) >= 11 is 10.9. The third-order valence-electron chi connectivity index (χ3n) is 1.40. The largest absolute Gasteiger partial charge is 0.351 e. The third kappa shape index (κ3) is 3.61. The molecule has 13 heavy (non-hydrogen) atoms. The molecule has 1 heterocycles. The highest BCUT2D eigenvalue weighted by molar-refractivity contribution is 6.29. The highest BCUT2D eigenvalue weighted by Crippen LogP contribution is 2.04. The second-order valence-electron chi connectivity index (χ2n) is 2.40. The lowest BCUT2D eigenvalue weighted by atomic mass is 10.3. The fraction of sp³-hybridized carbons (Fsp3) is 0.250. The molecule has 0 saturated heterocycles. The summed E-state index contributed by atoms with van der Waals surface area (Å²) in [7, 11) is 0. The van der Waals surface area contributed by atoms with E-state index in [9.17, 15) is 4.79 Å². The van der Waals surface area contributed by atoms with E-state index >= 15 is 0 Å². The van der Waals surface area contributed by atoms with Gasteiger partial charge in [0.15, 0.2) is 0 Å². The minimum absolute atomic E-state index is 0.0268. The van der Waals surface area contributed by atoms with Gasteiger partial charge in [-0.25, -0.2) is 4.98 Å². The molecule has 3 nitrogen and oxygen atoms in total. The quantitative estimate of drug-likeness (QED) is 0.619. The first-order valence-corrected chi connectivity index (χ1v) is 4.56. The van der Waals surface area contributed by atoms with Crippen molar-refractivity contribution < 1.29 is 4.79 Å². The maximum absolute atomic E-state index is 10.8. The van der Waals surface area contributed by atoms with Gasteiger partial charge in [-0.3, -0.25) is 4.79 Å². The highest BCUT2D eigenvalue weighted by Gasteiger charge is 1.98. The predicted molar refractivity (Wildman–Crippen MR) is 51.8 cm³/mol. The first kappa shape index (κ1) is 10.3. The van der Waals surface area contributed by atoms with E-state index in [4.69, 9.17) is 23.2 Å². The van der Waals surface area contributed by atoms with E-state index in [1.807, 2.05) is 0 Å². The van der Waals surface area contributed by atoms with Crippen molar-refractivity contribution in [1.82, 2.24) is 10.3 Å². The van der Waals surface area contributed by atoms with Crippen molar-refractivity contribution >= 4 is 29.1 Å². The highest BCUT2D eigenvalue weighted by atomic mass is 35.5. The van der Waals surface area contributed by atoms with Gasteiger partial charge in [0.2, 0.25) is 5.91 Å². The van der Waals surface area contributed by atoms with Crippen molar-refractivity contribution in [2.45, 2.75) is 6.54 Å². The molecule has 0 saturated carbocycles. The Balaban J connectivity index is 2.46. The lowest BCUT2D eigenvalue weighted by Gasteiger charge is -2.01. The van der Waals surface area contributed by atoms with Crippen LogP contribution in [0.4, 0.5) is 0 Å². The number of amides is 1. The summed E-state index contributed by atoms with van der Waals surface area (Å²) in [5, 5.41) is 3.05. The second-order valence-corrected chi connectivity index (χ2v) is 3.05. The average Bonchev–Trinajstić information content (AvgIpc) is 2.16. The zero-order valence-corrected chi connectivity index (χ0v) is 8.27. The molecule has 1 amide bonds. The van der Waals surface area contributed by atoms with Crippen molar-refractivity contribution in [3.8, 4) is 0 Å². The molecule has 0 unspecified atom stereocenters. The van der Waals surface area contributed by atoms with Crippen LogP contribution in [0.1, 0.15) is 5.56 Å². The smallest absolute Gasteiger partial charge is 0.235 e. The molecule has 0 aliphatic rings. The van der Waals surface area contributed by atoms with Crippen molar-refractivity contribution in [1.29, 1.82) is 0 Å².